The third kappa shape index (κ3) is 2.91. The molecule has 2 atom stereocenters. The molecule has 2 nitrogen and oxygen atoms in total. The van der Waals surface area contributed by atoms with Gasteiger partial charge >= 0.3 is 0 Å². The normalized spacial score (nSPS) is 29.3. The molecule has 0 spiro atoms. The van der Waals surface area contributed by atoms with Crippen molar-refractivity contribution in [2.45, 2.75) is 58.5 Å². The Morgan fingerprint density at radius 3 is 2.30 bits per heavy atom. The van der Waals surface area contributed by atoms with E-state index in [1.165, 1.54) is 5.56 Å². The van der Waals surface area contributed by atoms with Gasteiger partial charge in [0.2, 0.25) is 0 Å². The summed E-state index contributed by atoms with van der Waals surface area (Å²) in [6.45, 7) is 10.2. The van der Waals surface area contributed by atoms with Gasteiger partial charge in [-0.1, -0.05) is 30.7 Å². The van der Waals surface area contributed by atoms with Gasteiger partial charge in [-0.2, -0.15) is 0 Å². The first-order valence-electron chi connectivity index (χ1n) is 7.13. The molecule has 1 N–H and O–H groups in total. The van der Waals surface area contributed by atoms with Gasteiger partial charge in [-0.25, -0.2) is 0 Å². The summed E-state index contributed by atoms with van der Waals surface area (Å²) in [4.78, 5) is 12.2. The molecular weight excluding hydrogens is 270 g/mol. The van der Waals surface area contributed by atoms with Crippen LogP contribution in [-0.4, -0.2) is 16.9 Å². The van der Waals surface area contributed by atoms with Crippen molar-refractivity contribution >= 4 is 17.4 Å². The Bertz CT molecular complexity index is 517. The lowest BCUT2D eigenvalue weighted by atomic mass is 9.89. The molecule has 0 aromatic heterocycles. The zero-order chi connectivity index (χ0) is 15.2. The van der Waals surface area contributed by atoms with Gasteiger partial charge in [0.05, 0.1) is 5.54 Å². The number of ketones is 1. The van der Waals surface area contributed by atoms with Crippen molar-refractivity contribution in [1.29, 1.82) is 0 Å². The zero-order valence-corrected chi connectivity index (χ0v) is 13.8. The van der Waals surface area contributed by atoms with E-state index in [1.807, 2.05) is 24.3 Å². The highest BCUT2D eigenvalue weighted by molar-refractivity contribution is 6.30. The van der Waals surface area contributed by atoms with E-state index in [1.54, 1.807) is 6.92 Å². The van der Waals surface area contributed by atoms with Crippen LogP contribution in [0.5, 0.6) is 0 Å². The number of hydrogen-bond acceptors (Lipinski definition) is 2. The Labute approximate surface area is 126 Å². The van der Waals surface area contributed by atoms with E-state index in [0.717, 1.165) is 17.9 Å². The fourth-order valence-corrected chi connectivity index (χ4v) is 3.41. The smallest absolute Gasteiger partial charge is 0.150 e. The highest BCUT2D eigenvalue weighted by atomic mass is 35.5. The van der Waals surface area contributed by atoms with E-state index in [2.05, 4.69) is 33.0 Å². The highest BCUT2D eigenvalue weighted by Gasteiger charge is 2.67. The molecule has 0 bridgehead atoms. The van der Waals surface area contributed by atoms with Crippen molar-refractivity contribution in [3.63, 3.8) is 0 Å². The van der Waals surface area contributed by atoms with Crippen LogP contribution in [0.3, 0.4) is 0 Å². The van der Waals surface area contributed by atoms with Crippen LogP contribution < -0.4 is 5.32 Å². The van der Waals surface area contributed by atoms with E-state index in [0.29, 0.717) is 0 Å². The third-order valence-corrected chi connectivity index (χ3v) is 4.51. The molecule has 2 rings (SSSR count). The summed E-state index contributed by atoms with van der Waals surface area (Å²) in [5.41, 5.74) is 0.768. The van der Waals surface area contributed by atoms with Crippen molar-refractivity contribution in [2.75, 3.05) is 0 Å². The molecule has 1 aliphatic carbocycles. The maximum absolute atomic E-state index is 12.2. The molecule has 1 aromatic carbocycles. The second-order valence-electron chi connectivity index (χ2n) is 7.38. The van der Waals surface area contributed by atoms with E-state index < -0.39 is 0 Å². The molecule has 1 aromatic rings. The minimum Gasteiger partial charge on any atom is -0.300 e. The van der Waals surface area contributed by atoms with Crippen LogP contribution in [0.15, 0.2) is 24.3 Å². The summed E-state index contributed by atoms with van der Waals surface area (Å²) in [6.07, 6.45) is 1.79. The van der Waals surface area contributed by atoms with Crippen LogP contribution in [0.2, 0.25) is 5.02 Å². The molecule has 110 valence electrons. The lowest BCUT2D eigenvalue weighted by molar-refractivity contribution is -0.121. The van der Waals surface area contributed by atoms with Crippen molar-refractivity contribution in [3.05, 3.63) is 34.9 Å². The largest absolute Gasteiger partial charge is 0.300 e. The van der Waals surface area contributed by atoms with Gasteiger partial charge in [-0.15, -0.1) is 0 Å². The molecule has 0 aliphatic heterocycles. The fourth-order valence-electron chi connectivity index (χ4n) is 3.28. The standard InChI is InChI=1S/C17H24ClNO/c1-12(20)17(19-15(2,3)4)11-16(17,5)10-13-6-8-14(18)9-7-13/h6-9,19H,10-11H2,1-5H3/t16-,17+/m1/s1. The van der Waals surface area contributed by atoms with Crippen LogP contribution in [-0.2, 0) is 11.2 Å². The van der Waals surface area contributed by atoms with Gasteiger partial charge in [0.1, 0.15) is 5.78 Å². The number of benzene rings is 1. The molecule has 0 amide bonds. The zero-order valence-electron chi connectivity index (χ0n) is 13.0. The van der Waals surface area contributed by atoms with E-state index in [-0.39, 0.29) is 22.3 Å². The second kappa shape index (κ2) is 4.85. The SMILES string of the molecule is CC(=O)[C@@]1(NC(C)(C)C)C[C@@]1(C)Cc1ccc(Cl)cc1. The summed E-state index contributed by atoms with van der Waals surface area (Å²) < 4.78 is 0. The number of hydrogen-bond donors (Lipinski definition) is 1. The second-order valence-corrected chi connectivity index (χ2v) is 7.81. The maximum Gasteiger partial charge on any atom is 0.150 e. The summed E-state index contributed by atoms with van der Waals surface area (Å²) in [5, 5.41) is 4.30. The molecular formula is C17H24ClNO. The predicted octanol–water partition coefficient (Wildman–Crippen LogP) is 4.01. The highest BCUT2D eigenvalue weighted by Crippen LogP contribution is 2.59. The Hall–Kier alpha value is -0.860. The minimum atomic E-state index is -0.384. The molecule has 1 fully saturated rings. The van der Waals surface area contributed by atoms with Gasteiger partial charge < -0.3 is 0 Å². The first-order chi connectivity index (χ1) is 9.08. The Morgan fingerprint density at radius 1 is 1.30 bits per heavy atom. The van der Waals surface area contributed by atoms with Crippen LogP contribution in [0.4, 0.5) is 0 Å². The number of nitrogens with one attached hydrogen (secondary N) is 1. The number of Topliss-reactive ketones (excluding diaryl/α,β-unsaturated/α-hetero) is 1. The van der Waals surface area contributed by atoms with Crippen LogP contribution in [0, 0.1) is 5.41 Å². The average molecular weight is 294 g/mol. The summed E-state index contributed by atoms with van der Waals surface area (Å²) >= 11 is 5.93. The van der Waals surface area contributed by atoms with Crippen molar-refractivity contribution < 1.29 is 4.79 Å². The average Bonchev–Trinajstić information content (AvgIpc) is 2.85. The first kappa shape index (κ1) is 15.5. The van der Waals surface area contributed by atoms with Gasteiger partial charge in [-0.05, 0) is 63.6 Å². The predicted molar refractivity (Wildman–Crippen MR) is 84.2 cm³/mol. The molecule has 1 saturated carbocycles. The van der Waals surface area contributed by atoms with Crippen LogP contribution in [0.1, 0.15) is 46.6 Å². The summed E-state index contributed by atoms with van der Waals surface area (Å²) in [7, 11) is 0. The molecule has 20 heavy (non-hydrogen) atoms. The van der Waals surface area contributed by atoms with Gasteiger partial charge in [-0.3, -0.25) is 10.1 Å². The van der Waals surface area contributed by atoms with Crippen LogP contribution >= 0.6 is 11.6 Å². The topological polar surface area (TPSA) is 29.1 Å². The lowest BCUT2D eigenvalue weighted by Crippen LogP contribution is -2.52. The maximum atomic E-state index is 12.2. The number of carbonyl (C=O) groups excluding carboxylic acids is 1. The molecule has 1 aliphatic rings. The fraction of sp³-hybridized carbons (Fsp3) is 0.588. The summed E-state index contributed by atoms with van der Waals surface area (Å²) in [5.74, 6) is 0.240. The van der Waals surface area contributed by atoms with E-state index in [9.17, 15) is 4.79 Å². The molecule has 0 unspecified atom stereocenters. The Kier molecular flexibility index (Phi) is 3.77. The van der Waals surface area contributed by atoms with Gasteiger partial charge in [0, 0.05) is 10.6 Å². The van der Waals surface area contributed by atoms with Gasteiger partial charge in [0.15, 0.2) is 0 Å². The minimum absolute atomic E-state index is 0.0139. The number of rotatable bonds is 4. The monoisotopic (exact) mass is 293 g/mol. The van der Waals surface area contributed by atoms with E-state index in [4.69, 9.17) is 11.6 Å². The molecule has 3 heteroatoms. The molecule has 0 saturated heterocycles. The Balaban J connectivity index is 2.19. The van der Waals surface area contributed by atoms with E-state index >= 15 is 0 Å². The number of halogens is 1. The van der Waals surface area contributed by atoms with Crippen molar-refractivity contribution in [3.8, 4) is 0 Å². The molecule has 0 heterocycles. The lowest BCUT2D eigenvalue weighted by Gasteiger charge is -2.31. The number of carbonyl (C=O) groups is 1. The molecule has 0 radical (unpaired) electrons. The quantitative estimate of drug-likeness (QED) is 0.909. The van der Waals surface area contributed by atoms with Crippen molar-refractivity contribution in [1.82, 2.24) is 5.32 Å². The third-order valence-electron chi connectivity index (χ3n) is 4.26. The Morgan fingerprint density at radius 2 is 1.85 bits per heavy atom. The van der Waals surface area contributed by atoms with Crippen molar-refractivity contribution in [2.24, 2.45) is 5.41 Å². The first-order valence-corrected chi connectivity index (χ1v) is 7.51. The summed E-state index contributed by atoms with van der Waals surface area (Å²) in [6, 6.07) is 7.92. The van der Waals surface area contributed by atoms with Gasteiger partial charge in [0.25, 0.3) is 0 Å². The van der Waals surface area contributed by atoms with Crippen LogP contribution in [0.25, 0.3) is 0 Å².